The van der Waals surface area contributed by atoms with Crippen LogP contribution < -0.4 is 0 Å². The monoisotopic (exact) mass is 308 g/mol. The Morgan fingerprint density at radius 2 is 2.29 bits per heavy atom. The number of aromatic nitrogens is 3. The molecule has 1 atom stereocenters. The van der Waals surface area contributed by atoms with E-state index in [0.717, 1.165) is 0 Å². The largest absolute Gasteiger partial charge is 0.343 e. The second-order valence-corrected chi connectivity index (χ2v) is 7.37. The predicted octanol–water partition coefficient (Wildman–Crippen LogP) is 0.607. The number of fused-ring (bicyclic) bond motifs is 1. The molecule has 1 aliphatic heterocycles. The number of hydrogen-bond donors (Lipinski definition) is 1. The lowest BCUT2D eigenvalue weighted by Gasteiger charge is -2.26. The number of pyridine rings is 1. The van der Waals surface area contributed by atoms with Crippen molar-refractivity contribution in [2.75, 3.05) is 18.1 Å². The molecule has 8 heteroatoms. The van der Waals surface area contributed by atoms with Crippen molar-refractivity contribution in [2.24, 2.45) is 0 Å². The van der Waals surface area contributed by atoms with Crippen LogP contribution in [0, 0.1) is 0 Å². The summed E-state index contributed by atoms with van der Waals surface area (Å²) in [5.74, 6) is 0.00888. The number of sulfone groups is 1. The van der Waals surface area contributed by atoms with E-state index in [9.17, 15) is 13.2 Å². The van der Waals surface area contributed by atoms with Crippen molar-refractivity contribution in [3.05, 3.63) is 24.2 Å². The number of aromatic amines is 1. The van der Waals surface area contributed by atoms with Crippen LogP contribution in [0.4, 0.5) is 0 Å². The molecule has 1 unspecified atom stereocenters. The maximum Gasteiger partial charge on any atom is 0.255 e. The van der Waals surface area contributed by atoms with E-state index in [-0.39, 0.29) is 23.5 Å². The van der Waals surface area contributed by atoms with Gasteiger partial charge in [0.15, 0.2) is 15.5 Å². The highest BCUT2D eigenvalue weighted by Gasteiger charge is 2.34. The molecule has 3 heterocycles. The van der Waals surface area contributed by atoms with Gasteiger partial charge in [0.2, 0.25) is 0 Å². The van der Waals surface area contributed by atoms with Crippen LogP contribution in [0.15, 0.2) is 18.6 Å². The van der Waals surface area contributed by atoms with Gasteiger partial charge in [-0.1, -0.05) is 0 Å². The molecule has 1 saturated heterocycles. The first kappa shape index (κ1) is 14.0. The summed E-state index contributed by atoms with van der Waals surface area (Å²) < 4.78 is 23.2. The molecule has 0 saturated carbocycles. The number of nitrogens with one attached hydrogen (secondary N) is 1. The Balaban J connectivity index is 1.88. The van der Waals surface area contributed by atoms with Gasteiger partial charge in [0.1, 0.15) is 0 Å². The maximum absolute atomic E-state index is 12.6. The average Bonchev–Trinajstić information content (AvgIpc) is 3.05. The molecule has 1 N–H and O–H groups in total. The number of hydrogen-bond acceptors (Lipinski definition) is 5. The minimum Gasteiger partial charge on any atom is -0.343 e. The highest BCUT2D eigenvalue weighted by atomic mass is 32.2. The minimum absolute atomic E-state index is 0.0479. The first-order chi connectivity index (χ1) is 10.00. The van der Waals surface area contributed by atoms with Crippen molar-refractivity contribution in [3.63, 3.8) is 0 Å². The van der Waals surface area contributed by atoms with Crippen LogP contribution in [0.3, 0.4) is 0 Å². The Hall–Kier alpha value is -1.96. The van der Waals surface area contributed by atoms with Gasteiger partial charge in [-0.05, 0) is 19.4 Å². The molecule has 2 aromatic rings. The molecule has 1 fully saturated rings. The van der Waals surface area contributed by atoms with E-state index >= 15 is 0 Å². The highest BCUT2D eigenvalue weighted by Crippen LogP contribution is 2.20. The van der Waals surface area contributed by atoms with Crippen molar-refractivity contribution >= 4 is 26.9 Å². The van der Waals surface area contributed by atoms with Gasteiger partial charge >= 0.3 is 0 Å². The molecule has 1 aliphatic rings. The molecule has 0 aliphatic carbocycles. The van der Waals surface area contributed by atoms with E-state index in [0.29, 0.717) is 29.7 Å². The molecule has 21 heavy (non-hydrogen) atoms. The molecule has 112 valence electrons. The van der Waals surface area contributed by atoms with Gasteiger partial charge in [0.25, 0.3) is 5.91 Å². The third-order valence-electron chi connectivity index (χ3n) is 3.77. The maximum atomic E-state index is 12.6. The number of carbonyl (C=O) groups excluding carboxylic acids is 1. The fourth-order valence-electron chi connectivity index (χ4n) is 2.70. The summed E-state index contributed by atoms with van der Waals surface area (Å²) in [7, 11) is -3.02. The fraction of sp³-hybridized carbons (Fsp3) is 0.462. The Morgan fingerprint density at radius 1 is 1.48 bits per heavy atom. The number of nitrogens with zero attached hydrogens (tertiary/aromatic N) is 3. The lowest BCUT2D eigenvalue weighted by molar-refractivity contribution is 0.0708. The van der Waals surface area contributed by atoms with E-state index in [1.54, 1.807) is 11.0 Å². The second kappa shape index (κ2) is 5.10. The van der Waals surface area contributed by atoms with Crippen LogP contribution in [0.1, 0.15) is 23.7 Å². The fourth-order valence-corrected chi connectivity index (χ4v) is 4.43. The molecule has 0 aromatic carbocycles. The third kappa shape index (κ3) is 2.63. The molecule has 0 bridgehead atoms. The van der Waals surface area contributed by atoms with E-state index in [1.165, 1.54) is 12.5 Å². The molecule has 1 amide bonds. The Morgan fingerprint density at radius 3 is 2.95 bits per heavy atom. The zero-order valence-electron chi connectivity index (χ0n) is 11.6. The van der Waals surface area contributed by atoms with Crippen LogP contribution in [0.25, 0.3) is 11.2 Å². The van der Waals surface area contributed by atoms with Crippen molar-refractivity contribution in [2.45, 2.75) is 19.4 Å². The molecule has 0 radical (unpaired) electrons. The van der Waals surface area contributed by atoms with E-state index in [2.05, 4.69) is 15.0 Å². The Bertz CT molecular complexity index is 784. The topological polar surface area (TPSA) is 96.0 Å². The smallest absolute Gasteiger partial charge is 0.255 e. The van der Waals surface area contributed by atoms with Crippen molar-refractivity contribution in [1.29, 1.82) is 0 Å². The molecular formula is C13H16N4O3S. The van der Waals surface area contributed by atoms with Crippen LogP contribution in [0.2, 0.25) is 0 Å². The van der Waals surface area contributed by atoms with Gasteiger partial charge in [0, 0.05) is 18.8 Å². The SMILES string of the molecule is CCN(C(=O)c1cnc2nc[nH]c2c1)C1CCS(=O)(=O)C1. The summed E-state index contributed by atoms with van der Waals surface area (Å²) in [6, 6.07) is 1.45. The van der Waals surface area contributed by atoms with Gasteiger partial charge in [-0.15, -0.1) is 0 Å². The van der Waals surface area contributed by atoms with Gasteiger partial charge in [-0.25, -0.2) is 18.4 Å². The molecule has 0 spiro atoms. The quantitative estimate of drug-likeness (QED) is 0.896. The van der Waals surface area contributed by atoms with Gasteiger partial charge < -0.3 is 9.88 Å². The van der Waals surface area contributed by atoms with Crippen LogP contribution in [0.5, 0.6) is 0 Å². The van der Waals surface area contributed by atoms with E-state index in [4.69, 9.17) is 0 Å². The average molecular weight is 308 g/mol. The number of rotatable bonds is 3. The summed E-state index contributed by atoms with van der Waals surface area (Å²) in [5, 5.41) is 0. The lowest BCUT2D eigenvalue weighted by atomic mass is 10.1. The van der Waals surface area contributed by atoms with Crippen LogP contribution >= 0.6 is 0 Å². The summed E-state index contributed by atoms with van der Waals surface area (Å²) in [6.07, 6.45) is 3.51. The number of amides is 1. The predicted molar refractivity (Wildman–Crippen MR) is 77.7 cm³/mol. The first-order valence-corrected chi connectivity index (χ1v) is 8.63. The molecule has 2 aromatic heterocycles. The summed E-state index contributed by atoms with van der Waals surface area (Å²) >= 11 is 0. The minimum atomic E-state index is -3.02. The molecule has 3 rings (SSSR count). The normalized spacial score (nSPS) is 20.7. The molecular weight excluding hydrogens is 292 g/mol. The summed E-state index contributed by atoms with van der Waals surface area (Å²) in [4.78, 5) is 25.3. The molecule has 7 nitrogen and oxygen atoms in total. The summed E-state index contributed by atoms with van der Waals surface area (Å²) in [5.41, 5.74) is 1.69. The number of imidazole rings is 1. The Kier molecular flexibility index (Phi) is 3.40. The zero-order valence-corrected chi connectivity index (χ0v) is 12.4. The highest BCUT2D eigenvalue weighted by molar-refractivity contribution is 7.91. The third-order valence-corrected chi connectivity index (χ3v) is 5.52. The lowest BCUT2D eigenvalue weighted by Crippen LogP contribution is -2.41. The summed E-state index contributed by atoms with van der Waals surface area (Å²) in [6.45, 7) is 2.32. The van der Waals surface area contributed by atoms with E-state index < -0.39 is 9.84 Å². The second-order valence-electron chi connectivity index (χ2n) is 5.15. The van der Waals surface area contributed by atoms with Crippen molar-refractivity contribution in [3.8, 4) is 0 Å². The first-order valence-electron chi connectivity index (χ1n) is 6.80. The van der Waals surface area contributed by atoms with Crippen LogP contribution in [-0.4, -0.2) is 58.3 Å². The van der Waals surface area contributed by atoms with Crippen LogP contribution in [-0.2, 0) is 9.84 Å². The zero-order chi connectivity index (χ0) is 15.0. The van der Waals surface area contributed by atoms with Crippen molar-refractivity contribution < 1.29 is 13.2 Å². The van der Waals surface area contributed by atoms with Crippen molar-refractivity contribution in [1.82, 2.24) is 19.9 Å². The van der Waals surface area contributed by atoms with E-state index in [1.807, 2.05) is 6.92 Å². The van der Waals surface area contributed by atoms with Gasteiger partial charge in [-0.3, -0.25) is 4.79 Å². The number of carbonyl (C=O) groups is 1. The van der Waals surface area contributed by atoms with Gasteiger partial charge in [-0.2, -0.15) is 0 Å². The van der Waals surface area contributed by atoms with Gasteiger partial charge in [0.05, 0.1) is 28.9 Å². The standard InChI is InChI=1S/C13H16N4O3S/c1-2-17(10-3-4-21(19,20)7-10)13(18)9-5-11-12(14-6-9)16-8-15-11/h5-6,8,10H,2-4,7H2,1H3,(H,14,15,16). The number of H-pyrrole nitrogens is 1. The Labute approximate surface area is 122 Å².